The second-order valence-corrected chi connectivity index (χ2v) is 7.75. The average molecular weight is 415 g/mol. The van der Waals surface area contributed by atoms with Gasteiger partial charge in [0.15, 0.2) is 0 Å². The first kappa shape index (κ1) is 20.7. The van der Waals surface area contributed by atoms with Crippen LogP contribution in [0.1, 0.15) is 54.2 Å². The minimum Gasteiger partial charge on any atom is -0.351 e. The lowest BCUT2D eigenvalue weighted by molar-refractivity contribution is -0.123. The van der Waals surface area contributed by atoms with Gasteiger partial charge in [-0.25, -0.2) is 0 Å². The quantitative estimate of drug-likeness (QED) is 0.652. The van der Waals surface area contributed by atoms with Crippen LogP contribution in [0.4, 0.5) is 5.69 Å². The second kappa shape index (κ2) is 9.98. The Morgan fingerprint density at radius 2 is 1.58 bits per heavy atom. The van der Waals surface area contributed by atoms with Crippen molar-refractivity contribution in [1.82, 2.24) is 15.3 Å². The number of aromatic nitrogens is 2. The molecule has 0 radical (unpaired) electrons. The van der Waals surface area contributed by atoms with Crippen molar-refractivity contribution in [2.45, 2.75) is 44.2 Å². The van der Waals surface area contributed by atoms with E-state index in [0.717, 1.165) is 25.7 Å². The Morgan fingerprint density at radius 1 is 0.871 bits per heavy atom. The van der Waals surface area contributed by atoms with Gasteiger partial charge in [0.05, 0.1) is 0 Å². The van der Waals surface area contributed by atoms with Crippen molar-refractivity contribution in [2.24, 2.45) is 0 Å². The van der Waals surface area contributed by atoms with Gasteiger partial charge in [-0.15, -0.1) is 0 Å². The summed E-state index contributed by atoms with van der Waals surface area (Å²) in [4.78, 5) is 37.1. The van der Waals surface area contributed by atoms with Crippen molar-refractivity contribution < 1.29 is 9.59 Å². The fraction of sp³-hybridized carbons (Fsp3) is 0.280. The zero-order chi connectivity index (χ0) is 21.5. The summed E-state index contributed by atoms with van der Waals surface area (Å²) in [6, 6.07) is 17.3. The monoisotopic (exact) mass is 414 g/mol. The standard InChI is InChI=1S/C25H26N4O2/c30-24(28-20-9-3-1-4-10-20)23(19-14-17-26-18-15-19)29(21-11-5-2-6-12-21)25(31)22-13-7-8-16-27-22/h2,5-8,11-18,20,23H,1,3-4,9-10H2,(H,28,30)/t23-/m1/s1. The van der Waals surface area contributed by atoms with Crippen molar-refractivity contribution in [2.75, 3.05) is 4.90 Å². The van der Waals surface area contributed by atoms with Crippen LogP contribution in [-0.2, 0) is 4.79 Å². The molecule has 2 amide bonds. The summed E-state index contributed by atoms with van der Waals surface area (Å²) in [7, 11) is 0. The third-order valence-corrected chi connectivity index (χ3v) is 5.62. The smallest absolute Gasteiger partial charge is 0.277 e. The molecular formula is C25H26N4O2. The lowest BCUT2D eigenvalue weighted by atomic mass is 9.94. The molecule has 0 aliphatic heterocycles. The molecule has 0 bridgehead atoms. The van der Waals surface area contributed by atoms with E-state index in [2.05, 4.69) is 15.3 Å². The summed E-state index contributed by atoms with van der Waals surface area (Å²) >= 11 is 0. The Balaban J connectivity index is 1.76. The van der Waals surface area contributed by atoms with E-state index < -0.39 is 6.04 Å². The molecule has 1 atom stereocenters. The van der Waals surface area contributed by atoms with Gasteiger partial charge in [-0.2, -0.15) is 0 Å². The van der Waals surface area contributed by atoms with Crippen LogP contribution >= 0.6 is 0 Å². The number of para-hydroxylation sites is 1. The zero-order valence-corrected chi connectivity index (χ0v) is 17.4. The highest BCUT2D eigenvalue weighted by atomic mass is 16.2. The molecule has 2 aromatic heterocycles. The molecule has 6 nitrogen and oxygen atoms in total. The van der Waals surface area contributed by atoms with E-state index in [9.17, 15) is 9.59 Å². The number of carbonyl (C=O) groups is 2. The molecule has 1 N–H and O–H groups in total. The van der Waals surface area contributed by atoms with Gasteiger partial charge in [-0.05, 0) is 54.8 Å². The summed E-state index contributed by atoms with van der Waals surface area (Å²) in [5.41, 5.74) is 1.63. The number of anilines is 1. The van der Waals surface area contributed by atoms with Crippen LogP contribution in [0.2, 0.25) is 0 Å². The number of nitrogens with zero attached hydrogens (tertiary/aromatic N) is 3. The Labute approximate surface area is 182 Å². The molecule has 1 aliphatic rings. The van der Waals surface area contributed by atoms with Crippen LogP contribution in [0.15, 0.2) is 79.3 Å². The molecule has 2 heterocycles. The third kappa shape index (κ3) is 4.97. The van der Waals surface area contributed by atoms with Crippen LogP contribution in [0.25, 0.3) is 0 Å². The van der Waals surface area contributed by atoms with Crippen molar-refractivity contribution in [3.63, 3.8) is 0 Å². The number of amides is 2. The van der Waals surface area contributed by atoms with Gasteiger partial charge in [-0.3, -0.25) is 24.5 Å². The van der Waals surface area contributed by atoms with Crippen LogP contribution in [0.5, 0.6) is 0 Å². The summed E-state index contributed by atoms with van der Waals surface area (Å²) in [6.45, 7) is 0. The number of carbonyl (C=O) groups excluding carboxylic acids is 2. The first-order chi connectivity index (χ1) is 15.2. The fourth-order valence-electron chi connectivity index (χ4n) is 4.08. The van der Waals surface area contributed by atoms with Crippen molar-refractivity contribution in [3.8, 4) is 0 Å². The first-order valence-corrected chi connectivity index (χ1v) is 10.7. The van der Waals surface area contributed by atoms with Gasteiger partial charge < -0.3 is 5.32 Å². The highest BCUT2D eigenvalue weighted by Gasteiger charge is 2.35. The van der Waals surface area contributed by atoms with Gasteiger partial charge >= 0.3 is 0 Å². The maximum atomic E-state index is 13.6. The normalized spacial score (nSPS) is 15.1. The molecular weight excluding hydrogens is 388 g/mol. The van der Waals surface area contributed by atoms with E-state index in [4.69, 9.17) is 0 Å². The largest absolute Gasteiger partial charge is 0.351 e. The summed E-state index contributed by atoms with van der Waals surface area (Å²) < 4.78 is 0. The number of pyridine rings is 2. The summed E-state index contributed by atoms with van der Waals surface area (Å²) in [5, 5.41) is 3.20. The zero-order valence-electron chi connectivity index (χ0n) is 17.4. The molecule has 0 spiro atoms. The number of hydrogen-bond acceptors (Lipinski definition) is 4. The molecule has 1 aliphatic carbocycles. The maximum absolute atomic E-state index is 13.6. The average Bonchev–Trinajstić information content (AvgIpc) is 2.84. The summed E-state index contributed by atoms with van der Waals surface area (Å²) in [6.07, 6.45) is 10.2. The van der Waals surface area contributed by atoms with Gasteiger partial charge in [0.1, 0.15) is 11.7 Å². The van der Waals surface area contributed by atoms with Crippen molar-refractivity contribution in [1.29, 1.82) is 0 Å². The second-order valence-electron chi connectivity index (χ2n) is 7.75. The molecule has 31 heavy (non-hydrogen) atoms. The number of nitrogens with one attached hydrogen (secondary N) is 1. The van der Waals surface area contributed by atoms with E-state index in [1.807, 2.05) is 30.3 Å². The van der Waals surface area contributed by atoms with E-state index >= 15 is 0 Å². The van der Waals surface area contributed by atoms with Gasteiger partial charge in [0.2, 0.25) is 5.91 Å². The van der Waals surface area contributed by atoms with Gasteiger partial charge in [0, 0.05) is 30.3 Å². The van der Waals surface area contributed by atoms with Crippen molar-refractivity contribution in [3.05, 3.63) is 90.5 Å². The van der Waals surface area contributed by atoms with E-state index in [-0.39, 0.29) is 23.6 Å². The molecule has 1 saturated carbocycles. The number of rotatable bonds is 6. The number of hydrogen-bond donors (Lipinski definition) is 1. The summed E-state index contributed by atoms with van der Waals surface area (Å²) in [5.74, 6) is -0.515. The van der Waals surface area contributed by atoms with Crippen LogP contribution in [0.3, 0.4) is 0 Å². The Hall–Kier alpha value is -3.54. The molecule has 0 unspecified atom stereocenters. The lowest BCUT2D eigenvalue weighted by Crippen LogP contribution is -2.47. The van der Waals surface area contributed by atoms with Crippen LogP contribution in [-0.4, -0.2) is 27.8 Å². The minimum atomic E-state index is -0.832. The minimum absolute atomic E-state index is 0.133. The van der Waals surface area contributed by atoms with Gasteiger partial charge in [-0.1, -0.05) is 43.5 Å². The lowest BCUT2D eigenvalue weighted by Gasteiger charge is -2.33. The molecule has 1 aromatic carbocycles. The highest BCUT2D eigenvalue weighted by molar-refractivity contribution is 6.09. The van der Waals surface area contributed by atoms with Crippen LogP contribution in [0, 0.1) is 0 Å². The first-order valence-electron chi connectivity index (χ1n) is 10.7. The molecule has 1 fully saturated rings. The maximum Gasteiger partial charge on any atom is 0.277 e. The highest BCUT2D eigenvalue weighted by Crippen LogP contribution is 2.30. The predicted molar refractivity (Wildman–Crippen MR) is 119 cm³/mol. The Morgan fingerprint density at radius 3 is 2.26 bits per heavy atom. The van der Waals surface area contributed by atoms with E-state index in [0.29, 0.717) is 11.3 Å². The molecule has 158 valence electrons. The van der Waals surface area contributed by atoms with Crippen molar-refractivity contribution >= 4 is 17.5 Å². The topological polar surface area (TPSA) is 75.2 Å². The number of benzene rings is 1. The predicted octanol–water partition coefficient (Wildman–Crippen LogP) is 4.31. The van der Waals surface area contributed by atoms with E-state index in [1.165, 1.54) is 11.3 Å². The van der Waals surface area contributed by atoms with E-state index in [1.54, 1.807) is 48.9 Å². The molecule has 6 heteroatoms. The molecule has 4 rings (SSSR count). The third-order valence-electron chi connectivity index (χ3n) is 5.62. The fourth-order valence-corrected chi connectivity index (χ4v) is 4.08. The van der Waals surface area contributed by atoms with Gasteiger partial charge in [0.25, 0.3) is 5.91 Å². The Bertz CT molecular complexity index is 990. The molecule has 0 saturated heterocycles. The van der Waals surface area contributed by atoms with Crippen LogP contribution < -0.4 is 10.2 Å². The molecule has 3 aromatic rings. The Kier molecular flexibility index (Phi) is 6.67. The SMILES string of the molecule is O=C(NC1CCCCC1)[C@@H](c1ccncc1)N(C(=O)c1ccccn1)c1ccccc1.